The second-order valence-electron chi connectivity index (χ2n) is 4.89. The molecule has 0 N–H and O–H groups in total. The van der Waals surface area contributed by atoms with Crippen molar-refractivity contribution >= 4 is 0 Å². The van der Waals surface area contributed by atoms with Crippen LogP contribution in [0.2, 0.25) is 0 Å². The Bertz CT molecular complexity index is 141. The first-order chi connectivity index (χ1) is 5.33. The van der Waals surface area contributed by atoms with Crippen LogP contribution < -0.4 is 0 Å². The Morgan fingerprint density at radius 1 is 0.833 bits per heavy atom. The summed E-state index contributed by atoms with van der Waals surface area (Å²) in [5.41, 5.74) is 0.528. The van der Waals surface area contributed by atoms with Gasteiger partial charge in [-0.15, -0.1) is 13.2 Å². The summed E-state index contributed by atoms with van der Waals surface area (Å²) in [6.45, 7) is 16.6. The molecule has 0 unspecified atom stereocenters. The second-order valence-corrected chi connectivity index (χ2v) is 4.89. The first kappa shape index (κ1) is 11.5. The quantitative estimate of drug-likeness (QED) is 0.537. The molecule has 0 bridgehead atoms. The molecule has 12 heavy (non-hydrogen) atoms. The zero-order valence-electron chi connectivity index (χ0n) is 8.98. The van der Waals surface area contributed by atoms with E-state index >= 15 is 0 Å². The van der Waals surface area contributed by atoms with Crippen molar-refractivity contribution in [2.45, 2.75) is 40.5 Å². The van der Waals surface area contributed by atoms with Crippen molar-refractivity contribution < 1.29 is 0 Å². The minimum Gasteiger partial charge on any atom is -0.103 e. The molecule has 0 amide bonds. The second kappa shape index (κ2) is 3.93. The fourth-order valence-electron chi connectivity index (χ4n) is 0.848. The zero-order valence-corrected chi connectivity index (χ0v) is 8.98. The van der Waals surface area contributed by atoms with Gasteiger partial charge in [0.05, 0.1) is 0 Å². The first-order valence-electron chi connectivity index (χ1n) is 4.60. The largest absolute Gasteiger partial charge is 0.103 e. The Balaban J connectivity index is 3.98. The summed E-state index contributed by atoms with van der Waals surface area (Å²) in [6.07, 6.45) is 6.42. The van der Waals surface area contributed by atoms with Crippen LogP contribution in [-0.4, -0.2) is 0 Å². The maximum atomic E-state index is 3.83. The van der Waals surface area contributed by atoms with Gasteiger partial charge in [0.25, 0.3) is 0 Å². The van der Waals surface area contributed by atoms with Gasteiger partial charge in [0, 0.05) is 0 Å². The van der Waals surface area contributed by atoms with Crippen LogP contribution in [0.4, 0.5) is 0 Å². The maximum Gasteiger partial charge on any atom is -0.0177 e. The summed E-state index contributed by atoms with van der Waals surface area (Å²) in [6, 6.07) is 0. The lowest BCUT2D eigenvalue weighted by atomic mass is 9.79. The van der Waals surface area contributed by atoms with Gasteiger partial charge in [-0.3, -0.25) is 0 Å². The Morgan fingerprint density at radius 3 is 1.25 bits per heavy atom. The van der Waals surface area contributed by atoms with Gasteiger partial charge < -0.3 is 0 Å². The van der Waals surface area contributed by atoms with Gasteiger partial charge >= 0.3 is 0 Å². The molecule has 70 valence electrons. The Hall–Kier alpha value is -0.520. The van der Waals surface area contributed by atoms with E-state index in [0.29, 0.717) is 0 Å². The van der Waals surface area contributed by atoms with Crippen LogP contribution in [0.25, 0.3) is 0 Å². The van der Waals surface area contributed by atoms with Crippen molar-refractivity contribution in [2.24, 2.45) is 10.8 Å². The highest BCUT2D eigenvalue weighted by molar-refractivity contribution is 4.93. The molecule has 0 atom stereocenters. The molecule has 0 aromatic heterocycles. The summed E-state index contributed by atoms with van der Waals surface area (Å²) < 4.78 is 0. The molecular weight excluding hydrogens is 144 g/mol. The topological polar surface area (TPSA) is 0 Å². The van der Waals surface area contributed by atoms with Gasteiger partial charge in [-0.2, -0.15) is 0 Å². The van der Waals surface area contributed by atoms with Crippen LogP contribution in [0.15, 0.2) is 25.3 Å². The van der Waals surface area contributed by atoms with E-state index < -0.39 is 0 Å². The zero-order chi connectivity index (χ0) is 9.83. The lowest BCUT2D eigenvalue weighted by Crippen LogP contribution is -2.14. The number of allylic oxidation sites excluding steroid dienone is 2. The average molecular weight is 166 g/mol. The Kier molecular flexibility index (Phi) is 3.76. The van der Waals surface area contributed by atoms with Gasteiger partial charge in [-0.05, 0) is 23.7 Å². The molecule has 0 saturated carbocycles. The van der Waals surface area contributed by atoms with E-state index in [2.05, 4.69) is 40.9 Å². The van der Waals surface area contributed by atoms with Crippen molar-refractivity contribution in [3.63, 3.8) is 0 Å². The summed E-state index contributed by atoms with van der Waals surface area (Å²) in [5, 5.41) is 0. The maximum absolute atomic E-state index is 3.83. The molecule has 0 spiro atoms. The third kappa shape index (κ3) is 4.38. The summed E-state index contributed by atoms with van der Waals surface area (Å²) in [4.78, 5) is 0. The molecule has 0 aromatic rings. The molecule has 0 aliphatic heterocycles. The minimum atomic E-state index is 0.264. The van der Waals surface area contributed by atoms with Crippen molar-refractivity contribution in [2.75, 3.05) is 0 Å². The lowest BCUT2D eigenvalue weighted by molar-refractivity contribution is 0.331. The third-order valence-corrected chi connectivity index (χ3v) is 2.52. The van der Waals surface area contributed by atoms with Crippen LogP contribution in [0.5, 0.6) is 0 Å². The van der Waals surface area contributed by atoms with Crippen LogP contribution in [0.1, 0.15) is 40.5 Å². The average Bonchev–Trinajstić information content (AvgIpc) is 2.02. The molecule has 0 aromatic carbocycles. The van der Waals surface area contributed by atoms with Crippen LogP contribution in [0, 0.1) is 10.8 Å². The third-order valence-electron chi connectivity index (χ3n) is 2.52. The molecule has 0 aliphatic carbocycles. The molecule has 0 aliphatic rings. The van der Waals surface area contributed by atoms with E-state index in [0.717, 1.165) is 0 Å². The van der Waals surface area contributed by atoms with Crippen molar-refractivity contribution in [3.05, 3.63) is 25.3 Å². The highest BCUT2D eigenvalue weighted by atomic mass is 14.2. The number of hydrogen-bond donors (Lipinski definition) is 0. The molecule has 0 saturated heterocycles. The summed E-state index contributed by atoms with van der Waals surface area (Å²) >= 11 is 0. The van der Waals surface area contributed by atoms with E-state index in [1.54, 1.807) is 0 Å². The van der Waals surface area contributed by atoms with Crippen molar-refractivity contribution in [1.82, 2.24) is 0 Å². The van der Waals surface area contributed by atoms with Crippen LogP contribution in [-0.2, 0) is 0 Å². The number of hydrogen-bond acceptors (Lipinski definition) is 0. The highest BCUT2D eigenvalue weighted by Gasteiger charge is 2.19. The van der Waals surface area contributed by atoms with E-state index in [4.69, 9.17) is 0 Å². The van der Waals surface area contributed by atoms with E-state index in [1.807, 2.05) is 12.2 Å². The lowest BCUT2D eigenvalue weighted by Gasteiger charge is -2.26. The SMILES string of the molecule is C=CC(C)(C)CCC(C)(C)C=C. The fourth-order valence-corrected chi connectivity index (χ4v) is 0.848. The van der Waals surface area contributed by atoms with Gasteiger partial charge in [-0.25, -0.2) is 0 Å². The van der Waals surface area contributed by atoms with E-state index in [1.165, 1.54) is 12.8 Å². The Labute approximate surface area is 77.4 Å². The summed E-state index contributed by atoms with van der Waals surface area (Å²) in [7, 11) is 0. The van der Waals surface area contributed by atoms with Gasteiger partial charge in [-0.1, -0.05) is 39.8 Å². The number of rotatable bonds is 5. The summed E-state index contributed by atoms with van der Waals surface area (Å²) in [5.74, 6) is 0. The van der Waals surface area contributed by atoms with E-state index in [9.17, 15) is 0 Å². The van der Waals surface area contributed by atoms with E-state index in [-0.39, 0.29) is 10.8 Å². The normalized spacial score (nSPS) is 12.7. The first-order valence-corrected chi connectivity index (χ1v) is 4.60. The smallest absolute Gasteiger partial charge is 0.0177 e. The standard InChI is InChI=1S/C12H22/c1-7-11(3,4)9-10-12(5,6)8-2/h7-8H,1-2,9-10H2,3-6H3. The van der Waals surface area contributed by atoms with Gasteiger partial charge in [0.2, 0.25) is 0 Å². The molecule has 0 heterocycles. The van der Waals surface area contributed by atoms with Crippen molar-refractivity contribution in [1.29, 1.82) is 0 Å². The monoisotopic (exact) mass is 166 g/mol. The highest BCUT2D eigenvalue weighted by Crippen LogP contribution is 2.31. The van der Waals surface area contributed by atoms with Crippen LogP contribution in [0.3, 0.4) is 0 Å². The molecule has 0 fully saturated rings. The Morgan fingerprint density at radius 2 is 1.08 bits per heavy atom. The molecule has 0 radical (unpaired) electrons. The molecule has 0 nitrogen and oxygen atoms in total. The predicted molar refractivity (Wildman–Crippen MR) is 57.2 cm³/mol. The minimum absolute atomic E-state index is 0.264. The molecule has 0 rings (SSSR count). The predicted octanol–water partition coefficient (Wildman–Crippen LogP) is 4.19. The van der Waals surface area contributed by atoms with Gasteiger partial charge in [0.1, 0.15) is 0 Å². The fraction of sp³-hybridized carbons (Fsp3) is 0.667. The van der Waals surface area contributed by atoms with Crippen molar-refractivity contribution in [3.8, 4) is 0 Å². The molecular formula is C12H22. The molecule has 0 heteroatoms. The van der Waals surface area contributed by atoms with Gasteiger partial charge in [0.15, 0.2) is 0 Å². The van der Waals surface area contributed by atoms with Crippen LogP contribution >= 0.6 is 0 Å².